The lowest BCUT2D eigenvalue weighted by Gasteiger charge is -2.14. The summed E-state index contributed by atoms with van der Waals surface area (Å²) in [5.74, 6) is 0.265. The predicted octanol–water partition coefficient (Wildman–Crippen LogP) is 8.31. The van der Waals surface area contributed by atoms with Crippen LogP contribution in [0.2, 0.25) is 0 Å². The molecule has 0 aliphatic carbocycles. The Morgan fingerprint density at radius 1 is 0.911 bits per heavy atom. The fourth-order valence-electron chi connectivity index (χ4n) is 5.09. The first kappa shape index (κ1) is 33.5. The van der Waals surface area contributed by atoms with Crippen LogP contribution in [0, 0.1) is 20.8 Å². The number of nitrogens with zero attached hydrogens (tertiary/aromatic N) is 1. The molecule has 5 rings (SSSR count). The first-order chi connectivity index (χ1) is 21.6. The van der Waals surface area contributed by atoms with Gasteiger partial charge in [0, 0.05) is 60.6 Å². The number of ether oxygens (including phenoxy) is 1. The second-order valence-electron chi connectivity index (χ2n) is 11.4. The summed E-state index contributed by atoms with van der Waals surface area (Å²) in [5.41, 5.74) is 8.44. The Balaban J connectivity index is 0.000000222. The number of hydrogen-bond acceptors (Lipinski definition) is 5. The van der Waals surface area contributed by atoms with E-state index in [0.29, 0.717) is 31.2 Å². The van der Waals surface area contributed by atoms with Crippen molar-refractivity contribution in [1.82, 2.24) is 9.88 Å². The van der Waals surface area contributed by atoms with Gasteiger partial charge in [-0.15, -0.1) is 11.3 Å². The molecule has 0 radical (unpaired) electrons. The van der Waals surface area contributed by atoms with Crippen LogP contribution in [-0.4, -0.2) is 37.1 Å². The second-order valence-corrected chi connectivity index (χ2v) is 12.7. The average Bonchev–Trinajstić information content (AvgIpc) is 3.64. The largest absolute Gasteiger partial charge is 0.388 e. The average molecular weight is 625 g/mol. The standard InChI is InChI=1S/C22H27N3O2.C15H17NOS/c1-15(2)18-13-16(9-10-20(18)23-3)24-22(26)19-14-25(11-12-27-4)21-8-6-5-7-17(19)21;1-10-4-6-13(8-11(10)2)9-16-15(17)14-7-5-12(3)18-14/h5-10,13-15,23H,11-12H2,1-4H3,(H,24,26);4-8H,9H2,1-3H3,(H,16,17). The molecule has 0 fully saturated rings. The minimum atomic E-state index is -0.103. The fourth-order valence-corrected chi connectivity index (χ4v) is 5.87. The van der Waals surface area contributed by atoms with Crippen molar-refractivity contribution in [2.24, 2.45) is 0 Å². The molecule has 45 heavy (non-hydrogen) atoms. The molecule has 0 aliphatic rings. The molecule has 0 bridgehead atoms. The molecule has 236 valence electrons. The lowest BCUT2D eigenvalue weighted by molar-refractivity contribution is 0.0954. The molecule has 3 aromatic carbocycles. The summed E-state index contributed by atoms with van der Waals surface area (Å²) in [6, 6.07) is 24.0. The number of nitrogens with one attached hydrogen (secondary N) is 3. The van der Waals surface area contributed by atoms with Gasteiger partial charge in [0.15, 0.2) is 0 Å². The van der Waals surface area contributed by atoms with E-state index >= 15 is 0 Å². The van der Waals surface area contributed by atoms with Gasteiger partial charge in [0.1, 0.15) is 0 Å². The topological polar surface area (TPSA) is 84.4 Å². The summed E-state index contributed by atoms with van der Waals surface area (Å²) in [6.45, 7) is 12.4. The number of amides is 2. The SMILES string of the molecule is CNc1ccc(NC(=O)c2cn(CCOC)c3ccccc23)cc1C(C)C.Cc1ccc(C(=O)NCc2ccc(C)c(C)c2)s1. The molecule has 7 nitrogen and oxygen atoms in total. The Bertz CT molecular complexity index is 1770. The van der Waals surface area contributed by atoms with Crippen LogP contribution in [0.3, 0.4) is 0 Å². The zero-order valence-corrected chi connectivity index (χ0v) is 28.1. The Kier molecular flexibility index (Phi) is 11.6. The number of aryl methyl sites for hydroxylation is 3. The molecule has 2 amide bonds. The number of fused-ring (bicyclic) bond motifs is 1. The Morgan fingerprint density at radius 2 is 1.69 bits per heavy atom. The highest BCUT2D eigenvalue weighted by Gasteiger charge is 2.16. The lowest BCUT2D eigenvalue weighted by Crippen LogP contribution is -2.21. The van der Waals surface area contributed by atoms with Crippen LogP contribution in [-0.2, 0) is 17.8 Å². The van der Waals surface area contributed by atoms with E-state index in [4.69, 9.17) is 4.74 Å². The zero-order valence-electron chi connectivity index (χ0n) is 27.3. The quantitative estimate of drug-likeness (QED) is 0.146. The van der Waals surface area contributed by atoms with Crippen molar-refractivity contribution in [1.29, 1.82) is 0 Å². The van der Waals surface area contributed by atoms with Crippen LogP contribution < -0.4 is 16.0 Å². The van der Waals surface area contributed by atoms with Gasteiger partial charge in [-0.2, -0.15) is 0 Å². The van der Waals surface area contributed by atoms with Crippen molar-refractivity contribution < 1.29 is 14.3 Å². The molecule has 2 aromatic heterocycles. The normalized spacial score (nSPS) is 10.8. The van der Waals surface area contributed by atoms with Crippen LogP contribution in [0.4, 0.5) is 11.4 Å². The van der Waals surface area contributed by atoms with Crippen LogP contribution in [0.1, 0.15) is 66.9 Å². The third kappa shape index (κ3) is 8.62. The highest BCUT2D eigenvalue weighted by atomic mass is 32.1. The Hall–Kier alpha value is -4.40. The Labute approximate surface area is 270 Å². The third-order valence-electron chi connectivity index (χ3n) is 7.76. The highest BCUT2D eigenvalue weighted by molar-refractivity contribution is 7.13. The molecular weight excluding hydrogens is 580 g/mol. The molecule has 8 heteroatoms. The molecule has 3 N–H and O–H groups in total. The number of thiophene rings is 1. The summed E-state index contributed by atoms with van der Waals surface area (Å²) in [4.78, 5) is 26.8. The number of methoxy groups -OCH3 is 1. The molecule has 0 saturated carbocycles. The molecule has 0 saturated heterocycles. The number of hydrogen-bond donors (Lipinski definition) is 3. The smallest absolute Gasteiger partial charge is 0.261 e. The van der Waals surface area contributed by atoms with Crippen molar-refractivity contribution in [3.8, 4) is 0 Å². The van der Waals surface area contributed by atoms with E-state index in [9.17, 15) is 9.59 Å². The van der Waals surface area contributed by atoms with Crippen molar-refractivity contribution in [3.05, 3.63) is 117 Å². The second kappa shape index (κ2) is 15.5. The fraction of sp³-hybridized carbons (Fsp3) is 0.297. The van der Waals surface area contributed by atoms with Crippen molar-refractivity contribution in [2.45, 2.75) is 53.6 Å². The molecule has 5 aromatic rings. The maximum Gasteiger partial charge on any atom is 0.261 e. The first-order valence-electron chi connectivity index (χ1n) is 15.2. The molecule has 0 atom stereocenters. The zero-order chi connectivity index (χ0) is 32.5. The van der Waals surface area contributed by atoms with E-state index < -0.39 is 0 Å². The molecule has 0 aliphatic heterocycles. The monoisotopic (exact) mass is 624 g/mol. The van der Waals surface area contributed by atoms with Gasteiger partial charge in [-0.25, -0.2) is 0 Å². The predicted molar refractivity (Wildman–Crippen MR) is 188 cm³/mol. The van der Waals surface area contributed by atoms with Crippen LogP contribution in [0.25, 0.3) is 10.9 Å². The summed E-state index contributed by atoms with van der Waals surface area (Å²) in [7, 11) is 3.59. The summed E-state index contributed by atoms with van der Waals surface area (Å²) < 4.78 is 7.26. The third-order valence-corrected chi connectivity index (χ3v) is 8.76. The number of carbonyl (C=O) groups excluding carboxylic acids is 2. The van der Waals surface area contributed by atoms with Gasteiger partial charge in [0.2, 0.25) is 0 Å². The van der Waals surface area contributed by atoms with E-state index in [2.05, 4.69) is 66.4 Å². The summed E-state index contributed by atoms with van der Waals surface area (Å²) in [5, 5.41) is 10.2. The molecular formula is C37H44N4O3S. The van der Waals surface area contributed by atoms with Gasteiger partial charge in [-0.3, -0.25) is 9.59 Å². The van der Waals surface area contributed by atoms with Gasteiger partial charge in [-0.05, 0) is 85.3 Å². The van der Waals surface area contributed by atoms with E-state index in [1.54, 1.807) is 7.11 Å². The minimum absolute atomic E-state index is 0.00586. The molecule has 0 spiro atoms. The number of anilines is 2. The highest BCUT2D eigenvalue weighted by Crippen LogP contribution is 2.28. The van der Waals surface area contributed by atoms with Crippen LogP contribution in [0.5, 0.6) is 0 Å². The van der Waals surface area contributed by atoms with Crippen molar-refractivity contribution in [3.63, 3.8) is 0 Å². The van der Waals surface area contributed by atoms with E-state index in [-0.39, 0.29) is 11.8 Å². The number of carbonyl (C=O) groups is 2. The number of benzene rings is 3. The number of aromatic nitrogens is 1. The van der Waals surface area contributed by atoms with Crippen molar-refractivity contribution in [2.75, 3.05) is 31.4 Å². The van der Waals surface area contributed by atoms with Gasteiger partial charge in [0.25, 0.3) is 11.8 Å². The van der Waals surface area contributed by atoms with E-state index in [1.807, 2.05) is 74.8 Å². The van der Waals surface area contributed by atoms with Gasteiger partial charge >= 0.3 is 0 Å². The maximum absolute atomic E-state index is 13.0. The first-order valence-corrected chi connectivity index (χ1v) is 16.0. The van der Waals surface area contributed by atoms with Crippen molar-refractivity contribution >= 4 is 45.4 Å². The maximum atomic E-state index is 13.0. The lowest BCUT2D eigenvalue weighted by atomic mass is 10.0. The number of rotatable bonds is 10. The van der Waals surface area contributed by atoms with Crippen LogP contribution >= 0.6 is 11.3 Å². The van der Waals surface area contributed by atoms with Gasteiger partial charge in [0.05, 0.1) is 17.0 Å². The van der Waals surface area contributed by atoms with Gasteiger partial charge in [-0.1, -0.05) is 50.2 Å². The Morgan fingerprint density at radius 3 is 2.36 bits per heavy atom. The molecule has 2 heterocycles. The number of para-hydroxylation sites is 1. The minimum Gasteiger partial charge on any atom is -0.388 e. The van der Waals surface area contributed by atoms with E-state index in [1.165, 1.54) is 28.0 Å². The van der Waals surface area contributed by atoms with Crippen LogP contribution in [0.15, 0.2) is 79.0 Å². The summed E-state index contributed by atoms with van der Waals surface area (Å²) >= 11 is 1.52. The van der Waals surface area contributed by atoms with E-state index in [0.717, 1.165) is 37.6 Å². The summed E-state index contributed by atoms with van der Waals surface area (Å²) in [6.07, 6.45) is 1.91. The van der Waals surface area contributed by atoms with Gasteiger partial charge < -0.3 is 25.3 Å². The molecule has 0 unspecified atom stereocenters.